The topological polar surface area (TPSA) is 99.7 Å². The summed E-state index contributed by atoms with van der Waals surface area (Å²) >= 11 is 0. The van der Waals surface area contributed by atoms with Crippen LogP contribution in [0.2, 0.25) is 0 Å². The average Bonchev–Trinajstić information content (AvgIpc) is 0.811. The van der Waals surface area contributed by atoms with Gasteiger partial charge in [0.05, 0.1) is 0 Å². The van der Waals surface area contributed by atoms with Crippen LogP contribution >= 0.6 is 0 Å². The average molecular weight is 105 g/mol. The Morgan fingerprint density at radius 2 is 1.33 bits per heavy atom. The van der Waals surface area contributed by atoms with Gasteiger partial charge in [-0.25, -0.2) is 0 Å². The molecular weight excluding hydrogens is 101 g/mol. The van der Waals surface area contributed by atoms with Crippen molar-refractivity contribution in [3.05, 3.63) is 0 Å². The molecule has 5 heteroatoms. The second kappa shape index (κ2) is 8.83. The van der Waals surface area contributed by atoms with E-state index in [-0.39, 0.29) is 23.5 Å². The fourth-order valence-electron chi connectivity index (χ4n) is 0. The Morgan fingerprint density at radius 1 is 1.33 bits per heavy atom. The van der Waals surface area contributed by atoms with E-state index in [2.05, 4.69) is 0 Å². The van der Waals surface area contributed by atoms with Gasteiger partial charge in [-0.1, -0.05) is 0 Å². The molecule has 0 aromatic rings. The van der Waals surface area contributed by atoms with Gasteiger partial charge in [-0.05, 0) is 6.16 Å². The molecule has 0 heterocycles. The maximum absolute atomic E-state index is 8.33. The van der Waals surface area contributed by atoms with Crippen LogP contribution in [0.4, 0.5) is 4.79 Å². The van der Waals surface area contributed by atoms with E-state index in [1.165, 1.54) is 0 Å². The molecule has 6 heavy (non-hydrogen) atoms. The van der Waals surface area contributed by atoms with Crippen LogP contribution in [0, 0.1) is 0 Å². The van der Waals surface area contributed by atoms with Crippen molar-refractivity contribution >= 4 is 23.5 Å². The summed E-state index contributed by atoms with van der Waals surface area (Å²) in [7, 11) is 0. The Labute approximate surface area is 45.5 Å². The van der Waals surface area contributed by atoms with Crippen molar-refractivity contribution in [3.8, 4) is 0 Å². The summed E-state index contributed by atoms with van der Waals surface area (Å²) in [5, 5.41) is 16.7. The van der Waals surface area contributed by atoms with Crippen LogP contribution in [-0.4, -0.2) is 23.5 Å². The van der Waals surface area contributed by atoms with Crippen LogP contribution < -0.4 is 16.4 Å². The molecule has 0 spiro atoms. The monoisotopic (exact) mass is 105 g/mol. The first-order valence-corrected chi connectivity index (χ1v) is 0.612. The molecule has 4 nitrogen and oxygen atoms in total. The van der Waals surface area contributed by atoms with E-state index >= 15 is 0 Å². The summed E-state index contributed by atoms with van der Waals surface area (Å²) in [5.74, 6) is 0. The van der Waals surface area contributed by atoms with Gasteiger partial charge in [-0.3, -0.25) is 0 Å². The number of quaternary nitrogens is 1. The third-order valence-electron chi connectivity index (χ3n) is 0. The molecule has 0 aromatic carbocycles. The summed E-state index contributed by atoms with van der Waals surface area (Å²) < 4.78 is 0. The minimum absolute atomic E-state index is 0. The van der Waals surface area contributed by atoms with E-state index in [9.17, 15) is 0 Å². The molecule has 0 bridgehead atoms. The van der Waals surface area contributed by atoms with E-state index in [4.69, 9.17) is 15.0 Å². The second-order valence-corrected chi connectivity index (χ2v) is 0.250. The molecule has 0 aliphatic carbocycles. The zero-order chi connectivity index (χ0) is 3.58. The quantitative estimate of drug-likeness (QED) is 0.346. The fraction of sp³-hybridized carbons (Fsp3) is 0. The summed E-state index contributed by atoms with van der Waals surface area (Å²) in [6, 6.07) is 0. The zero-order valence-electron chi connectivity index (χ0n) is 3.30. The Bertz CT molecular complexity index is 33.8. The van der Waals surface area contributed by atoms with Crippen LogP contribution in [0.5, 0.6) is 0 Å². The molecule has 0 rings (SSSR count). The minimum atomic E-state index is -2.33. The van der Waals surface area contributed by atoms with E-state index < -0.39 is 6.16 Å². The molecule has 4 N–H and O–H groups in total. The SMILES string of the molecule is O=C([O-])[O-].[Al+3].[NH4+]. The van der Waals surface area contributed by atoms with E-state index in [0.717, 1.165) is 0 Å². The third-order valence-corrected chi connectivity index (χ3v) is 0. The van der Waals surface area contributed by atoms with Crippen molar-refractivity contribution in [1.82, 2.24) is 6.15 Å². The molecular formula is CH4AlNO3+2. The predicted octanol–water partition coefficient (Wildman–Crippen LogP) is -2.45. The molecule has 0 aromatic heterocycles. The predicted molar refractivity (Wildman–Crippen MR) is 17.1 cm³/mol. The molecule has 0 unspecified atom stereocenters. The molecule has 32 valence electrons. The van der Waals surface area contributed by atoms with Crippen molar-refractivity contribution in [2.45, 2.75) is 0 Å². The Morgan fingerprint density at radius 3 is 1.33 bits per heavy atom. The second-order valence-electron chi connectivity index (χ2n) is 0.250. The van der Waals surface area contributed by atoms with Gasteiger partial charge in [0.25, 0.3) is 0 Å². The molecule has 0 saturated carbocycles. The van der Waals surface area contributed by atoms with Crippen molar-refractivity contribution in [2.75, 3.05) is 0 Å². The molecule has 0 amide bonds. The first-order valence-electron chi connectivity index (χ1n) is 0.612. The molecule has 0 radical (unpaired) electrons. The number of carbonyl (C=O) groups is 1. The smallest absolute Gasteiger partial charge is 0.652 e. The summed E-state index contributed by atoms with van der Waals surface area (Å²) in [4.78, 5) is 8.33. The number of carbonyl (C=O) groups excluding carboxylic acids is 1. The number of rotatable bonds is 0. The number of hydrogen-bond acceptors (Lipinski definition) is 3. The van der Waals surface area contributed by atoms with Crippen LogP contribution in [0.3, 0.4) is 0 Å². The van der Waals surface area contributed by atoms with Crippen LogP contribution in [-0.2, 0) is 0 Å². The van der Waals surface area contributed by atoms with Gasteiger partial charge in [0.2, 0.25) is 0 Å². The Balaban J connectivity index is -0.0000000450. The van der Waals surface area contributed by atoms with Crippen LogP contribution in [0.1, 0.15) is 0 Å². The van der Waals surface area contributed by atoms with Crippen molar-refractivity contribution in [2.24, 2.45) is 0 Å². The number of hydrogen-bond donors (Lipinski definition) is 1. The Hall–Kier alpha value is -0.238. The molecule has 0 aliphatic heterocycles. The minimum Gasteiger partial charge on any atom is -0.652 e. The van der Waals surface area contributed by atoms with Gasteiger partial charge in [0.1, 0.15) is 0 Å². The van der Waals surface area contributed by atoms with Gasteiger partial charge in [0.15, 0.2) is 0 Å². The fourth-order valence-corrected chi connectivity index (χ4v) is 0. The maximum Gasteiger partial charge on any atom is 3.00 e. The van der Waals surface area contributed by atoms with Crippen molar-refractivity contribution < 1.29 is 15.0 Å². The van der Waals surface area contributed by atoms with Gasteiger partial charge < -0.3 is 21.2 Å². The first-order chi connectivity index (χ1) is 1.73. The van der Waals surface area contributed by atoms with Gasteiger partial charge in [0, 0.05) is 0 Å². The zero-order valence-corrected chi connectivity index (χ0v) is 4.46. The summed E-state index contributed by atoms with van der Waals surface area (Å²) in [6.45, 7) is 0. The molecule has 0 fully saturated rings. The van der Waals surface area contributed by atoms with E-state index in [0.29, 0.717) is 0 Å². The van der Waals surface area contributed by atoms with Crippen molar-refractivity contribution in [3.63, 3.8) is 0 Å². The van der Waals surface area contributed by atoms with Gasteiger partial charge in [-0.15, -0.1) is 0 Å². The molecule has 0 atom stereocenters. The van der Waals surface area contributed by atoms with Crippen LogP contribution in [0.15, 0.2) is 0 Å². The standard InChI is InChI=1S/CH2O3.Al.H3N/c2-1(3)4;;/h(H2,2,3,4);;1H3/q;+3;/p-1. The summed E-state index contributed by atoms with van der Waals surface area (Å²) in [5.41, 5.74) is 0. The van der Waals surface area contributed by atoms with E-state index in [1.54, 1.807) is 0 Å². The normalized spacial score (nSPS) is 4.00. The summed E-state index contributed by atoms with van der Waals surface area (Å²) in [6.07, 6.45) is -2.33. The number of carboxylic acid groups (broad SMARTS) is 2. The maximum atomic E-state index is 8.33. The first kappa shape index (κ1) is 17.1. The third kappa shape index (κ3) is 509. The molecule has 0 aliphatic rings. The van der Waals surface area contributed by atoms with Gasteiger partial charge in [-0.2, -0.15) is 0 Å². The molecule has 0 saturated heterocycles. The van der Waals surface area contributed by atoms with Crippen molar-refractivity contribution in [1.29, 1.82) is 0 Å². The van der Waals surface area contributed by atoms with E-state index in [1.807, 2.05) is 0 Å². The van der Waals surface area contributed by atoms with Gasteiger partial charge >= 0.3 is 17.4 Å². The van der Waals surface area contributed by atoms with Crippen LogP contribution in [0.25, 0.3) is 0 Å². The largest absolute Gasteiger partial charge is 3.00 e. The Kier molecular flexibility index (Phi) is 25.2.